The van der Waals surface area contributed by atoms with E-state index in [-0.39, 0.29) is 17.7 Å². The average Bonchev–Trinajstić information content (AvgIpc) is 3.10. The summed E-state index contributed by atoms with van der Waals surface area (Å²) >= 11 is 0. The molecule has 1 aliphatic heterocycles. The number of nitrogens with zero attached hydrogens (tertiary/aromatic N) is 2. The summed E-state index contributed by atoms with van der Waals surface area (Å²) in [5.41, 5.74) is 2.11. The molecule has 1 saturated heterocycles. The van der Waals surface area contributed by atoms with Crippen molar-refractivity contribution in [1.29, 1.82) is 0 Å². The fourth-order valence-corrected chi connectivity index (χ4v) is 4.06. The number of para-hydroxylation sites is 1. The van der Waals surface area contributed by atoms with E-state index in [9.17, 15) is 9.59 Å². The number of amides is 2. The lowest BCUT2D eigenvalue weighted by molar-refractivity contribution is -0.140. The van der Waals surface area contributed by atoms with E-state index in [2.05, 4.69) is 24.9 Å². The van der Waals surface area contributed by atoms with Gasteiger partial charge in [-0.05, 0) is 37.3 Å². The first-order valence-electron chi connectivity index (χ1n) is 10.3. The topological polar surface area (TPSA) is 56.4 Å². The summed E-state index contributed by atoms with van der Waals surface area (Å²) in [5.74, 6) is 0.507. The van der Waals surface area contributed by atoms with Crippen LogP contribution in [0, 0.1) is 5.92 Å². The number of carbonyl (C=O) groups is 2. The van der Waals surface area contributed by atoms with Crippen LogP contribution in [0.2, 0.25) is 0 Å². The van der Waals surface area contributed by atoms with Gasteiger partial charge in [0.05, 0.1) is 6.42 Å². The van der Waals surface area contributed by atoms with E-state index in [0.29, 0.717) is 19.5 Å². The Morgan fingerprint density at radius 3 is 2.44 bits per heavy atom. The standard InChI is InChI=1S/C22H31N3O2/c1-3-11-25(12-4-2)22(27)17-9-13-24(14-10-17)21(26)15-18-16-23-20-8-6-5-7-19(18)20/h5-8,16-17,23H,3-4,9-15H2,1-2H3. The van der Waals surface area contributed by atoms with E-state index >= 15 is 0 Å². The van der Waals surface area contributed by atoms with Gasteiger partial charge in [-0.1, -0.05) is 32.0 Å². The SMILES string of the molecule is CCCN(CCC)C(=O)C1CCN(C(=O)Cc2c[nH]c3ccccc23)CC1. The summed E-state index contributed by atoms with van der Waals surface area (Å²) in [6.45, 7) is 7.27. The summed E-state index contributed by atoms with van der Waals surface area (Å²) < 4.78 is 0. The van der Waals surface area contributed by atoms with Gasteiger partial charge in [-0.25, -0.2) is 0 Å². The number of nitrogens with one attached hydrogen (secondary N) is 1. The van der Waals surface area contributed by atoms with Crippen LogP contribution in [-0.4, -0.2) is 52.8 Å². The first-order chi connectivity index (χ1) is 13.1. The number of hydrogen-bond donors (Lipinski definition) is 1. The first kappa shape index (κ1) is 19.5. The van der Waals surface area contributed by atoms with Crippen molar-refractivity contribution in [3.63, 3.8) is 0 Å². The fourth-order valence-electron chi connectivity index (χ4n) is 4.06. The van der Waals surface area contributed by atoms with Gasteiger partial charge in [0.25, 0.3) is 0 Å². The Hall–Kier alpha value is -2.30. The van der Waals surface area contributed by atoms with Crippen molar-refractivity contribution in [3.8, 4) is 0 Å². The number of piperidine rings is 1. The molecule has 0 unspecified atom stereocenters. The zero-order valence-electron chi connectivity index (χ0n) is 16.5. The smallest absolute Gasteiger partial charge is 0.227 e. The molecule has 3 rings (SSSR count). The molecule has 0 bridgehead atoms. The van der Waals surface area contributed by atoms with Crippen molar-refractivity contribution in [2.75, 3.05) is 26.2 Å². The van der Waals surface area contributed by atoms with Crippen LogP contribution in [-0.2, 0) is 16.0 Å². The maximum absolute atomic E-state index is 12.8. The van der Waals surface area contributed by atoms with Crippen molar-refractivity contribution in [1.82, 2.24) is 14.8 Å². The number of carbonyl (C=O) groups excluding carboxylic acids is 2. The molecular weight excluding hydrogens is 338 g/mol. The Labute approximate surface area is 161 Å². The van der Waals surface area contributed by atoms with Crippen molar-refractivity contribution < 1.29 is 9.59 Å². The number of aromatic amines is 1. The molecule has 0 spiro atoms. The summed E-state index contributed by atoms with van der Waals surface area (Å²) in [5, 5.41) is 1.12. The van der Waals surface area contributed by atoms with E-state index < -0.39 is 0 Å². The highest BCUT2D eigenvalue weighted by molar-refractivity contribution is 5.89. The minimum atomic E-state index is 0.0697. The van der Waals surface area contributed by atoms with Crippen molar-refractivity contribution in [3.05, 3.63) is 36.0 Å². The average molecular weight is 370 g/mol. The normalized spacial score (nSPS) is 15.3. The Bertz CT molecular complexity index is 769. The van der Waals surface area contributed by atoms with Gasteiger partial charge in [-0.2, -0.15) is 0 Å². The second-order valence-corrected chi connectivity index (χ2v) is 7.52. The van der Waals surface area contributed by atoms with Crippen LogP contribution in [0.25, 0.3) is 10.9 Å². The summed E-state index contributed by atoms with van der Waals surface area (Å²) in [6.07, 6.45) is 5.90. The molecule has 1 fully saturated rings. The number of benzene rings is 1. The number of fused-ring (bicyclic) bond motifs is 1. The Morgan fingerprint density at radius 1 is 1.11 bits per heavy atom. The third kappa shape index (κ3) is 4.52. The van der Waals surface area contributed by atoms with Gasteiger partial charge in [0.15, 0.2) is 0 Å². The molecule has 0 saturated carbocycles. The van der Waals surface area contributed by atoms with Crippen LogP contribution < -0.4 is 0 Å². The molecule has 1 N–H and O–H groups in total. The van der Waals surface area contributed by atoms with Gasteiger partial charge < -0.3 is 14.8 Å². The lowest BCUT2D eigenvalue weighted by atomic mass is 9.94. The Balaban J connectivity index is 1.55. The molecule has 2 amide bonds. The summed E-state index contributed by atoms with van der Waals surface area (Å²) in [7, 11) is 0. The molecule has 1 aromatic heterocycles. The molecule has 1 aromatic carbocycles. The van der Waals surface area contributed by atoms with Crippen LogP contribution in [0.5, 0.6) is 0 Å². The summed E-state index contributed by atoms with van der Waals surface area (Å²) in [6, 6.07) is 8.07. The van der Waals surface area contributed by atoms with Crippen LogP contribution in [0.1, 0.15) is 45.1 Å². The van der Waals surface area contributed by atoms with Crippen molar-refractivity contribution in [2.24, 2.45) is 5.92 Å². The molecule has 0 aliphatic carbocycles. The Morgan fingerprint density at radius 2 is 1.78 bits per heavy atom. The second kappa shape index (κ2) is 9.07. The molecule has 1 aliphatic rings. The molecule has 0 atom stereocenters. The predicted octanol–water partition coefficient (Wildman–Crippen LogP) is 3.60. The number of aromatic nitrogens is 1. The molecule has 146 valence electrons. The molecule has 2 heterocycles. The van der Waals surface area contributed by atoms with Crippen LogP contribution in [0.3, 0.4) is 0 Å². The van der Waals surface area contributed by atoms with Gasteiger partial charge in [0.2, 0.25) is 11.8 Å². The van der Waals surface area contributed by atoms with Crippen LogP contribution in [0.15, 0.2) is 30.5 Å². The molecule has 5 nitrogen and oxygen atoms in total. The van der Waals surface area contributed by atoms with E-state index in [1.807, 2.05) is 34.2 Å². The maximum atomic E-state index is 12.8. The first-order valence-corrected chi connectivity index (χ1v) is 10.3. The highest BCUT2D eigenvalue weighted by Crippen LogP contribution is 2.23. The lowest BCUT2D eigenvalue weighted by Gasteiger charge is -2.34. The van der Waals surface area contributed by atoms with E-state index in [1.54, 1.807) is 0 Å². The number of H-pyrrole nitrogens is 1. The maximum Gasteiger partial charge on any atom is 0.227 e. The second-order valence-electron chi connectivity index (χ2n) is 7.52. The molecule has 0 radical (unpaired) electrons. The molecule has 2 aromatic rings. The number of likely N-dealkylation sites (tertiary alicyclic amines) is 1. The third-order valence-corrected chi connectivity index (χ3v) is 5.51. The fraction of sp³-hybridized carbons (Fsp3) is 0.545. The minimum absolute atomic E-state index is 0.0697. The molecule has 27 heavy (non-hydrogen) atoms. The van der Waals surface area contributed by atoms with Crippen LogP contribution >= 0.6 is 0 Å². The van der Waals surface area contributed by atoms with Crippen molar-refractivity contribution >= 4 is 22.7 Å². The largest absolute Gasteiger partial charge is 0.361 e. The summed E-state index contributed by atoms with van der Waals surface area (Å²) in [4.78, 5) is 32.7. The van der Waals surface area contributed by atoms with Crippen LogP contribution in [0.4, 0.5) is 0 Å². The van der Waals surface area contributed by atoms with Gasteiger partial charge in [-0.15, -0.1) is 0 Å². The third-order valence-electron chi connectivity index (χ3n) is 5.51. The zero-order chi connectivity index (χ0) is 19.2. The van der Waals surface area contributed by atoms with Gasteiger partial charge >= 0.3 is 0 Å². The lowest BCUT2D eigenvalue weighted by Crippen LogP contribution is -2.45. The monoisotopic (exact) mass is 369 g/mol. The van der Waals surface area contributed by atoms with E-state index in [1.165, 1.54) is 0 Å². The predicted molar refractivity (Wildman–Crippen MR) is 108 cm³/mol. The number of hydrogen-bond acceptors (Lipinski definition) is 2. The minimum Gasteiger partial charge on any atom is -0.361 e. The molecule has 5 heteroatoms. The zero-order valence-corrected chi connectivity index (χ0v) is 16.5. The van der Waals surface area contributed by atoms with Gasteiger partial charge in [0, 0.05) is 49.2 Å². The highest BCUT2D eigenvalue weighted by atomic mass is 16.2. The van der Waals surface area contributed by atoms with E-state index in [0.717, 1.165) is 55.2 Å². The van der Waals surface area contributed by atoms with E-state index in [4.69, 9.17) is 0 Å². The van der Waals surface area contributed by atoms with Gasteiger partial charge in [0.1, 0.15) is 0 Å². The Kier molecular flexibility index (Phi) is 6.54. The van der Waals surface area contributed by atoms with Crippen molar-refractivity contribution in [2.45, 2.75) is 46.0 Å². The number of rotatable bonds is 7. The highest BCUT2D eigenvalue weighted by Gasteiger charge is 2.29. The van der Waals surface area contributed by atoms with Gasteiger partial charge in [-0.3, -0.25) is 9.59 Å². The molecular formula is C22H31N3O2. The quantitative estimate of drug-likeness (QED) is 0.811.